The second kappa shape index (κ2) is 6.79. The van der Waals surface area contributed by atoms with E-state index in [0.29, 0.717) is 12.1 Å². The van der Waals surface area contributed by atoms with Gasteiger partial charge in [-0.15, -0.1) is 0 Å². The van der Waals surface area contributed by atoms with Gasteiger partial charge in [0.15, 0.2) is 0 Å². The molecule has 1 aromatic carbocycles. The number of hydrogen-bond acceptors (Lipinski definition) is 2. The van der Waals surface area contributed by atoms with E-state index in [1.165, 1.54) is 5.56 Å². The van der Waals surface area contributed by atoms with Gasteiger partial charge in [-0.1, -0.05) is 26.0 Å². The predicted octanol–water partition coefficient (Wildman–Crippen LogP) is 2.09. The molecule has 0 spiro atoms. The molecular formula is C14H19NO3. The first kappa shape index (κ1) is 14.2. The molecule has 0 saturated heterocycles. The molecule has 4 heteroatoms. The number of rotatable bonds is 6. The van der Waals surface area contributed by atoms with Crippen LogP contribution in [-0.2, 0) is 11.2 Å². The van der Waals surface area contributed by atoms with Crippen LogP contribution in [0.5, 0.6) is 0 Å². The van der Waals surface area contributed by atoms with Crippen molar-refractivity contribution >= 4 is 11.9 Å². The van der Waals surface area contributed by atoms with Crippen LogP contribution < -0.4 is 5.32 Å². The highest BCUT2D eigenvalue weighted by molar-refractivity contribution is 5.94. The van der Waals surface area contributed by atoms with Crippen molar-refractivity contribution in [3.63, 3.8) is 0 Å². The van der Waals surface area contributed by atoms with Crippen molar-refractivity contribution < 1.29 is 14.7 Å². The zero-order chi connectivity index (χ0) is 13.5. The summed E-state index contributed by atoms with van der Waals surface area (Å²) in [6.07, 6.45) is 1.01. The average molecular weight is 249 g/mol. The second-order valence-corrected chi connectivity index (χ2v) is 4.46. The van der Waals surface area contributed by atoms with E-state index in [0.717, 1.165) is 6.42 Å². The first-order valence-corrected chi connectivity index (χ1v) is 6.11. The Hall–Kier alpha value is -1.84. The Morgan fingerprint density at radius 2 is 1.89 bits per heavy atom. The van der Waals surface area contributed by atoms with Crippen LogP contribution in [0.4, 0.5) is 0 Å². The van der Waals surface area contributed by atoms with Crippen LogP contribution in [0.3, 0.4) is 0 Å². The second-order valence-electron chi connectivity index (χ2n) is 4.46. The van der Waals surface area contributed by atoms with Gasteiger partial charge in [-0.2, -0.15) is 0 Å². The molecule has 2 N–H and O–H groups in total. The molecule has 1 amide bonds. The molecule has 1 atom stereocenters. The largest absolute Gasteiger partial charge is 0.481 e. The number of aryl methyl sites for hydroxylation is 1. The van der Waals surface area contributed by atoms with Crippen molar-refractivity contribution in [1.29, 1.82) is 0 Å². The maximum Gasteiger partial charge on any atom is 0.303 e. The summed E-state index contributed by atoms with van der Waals surface area (Å²) >= 11 is 0. The lowest BCUT2D eigenvalue weighted by molar-refractivity contribution is -0.137. The maximum absolute atomic E-state index is 11.8. The third kappa shape index (κ3) is 4.57. The highest BCUT2D eigenvalue weighted by Crippen LogP contribution is 2.06. The van der Waals surface area contributed by atoms with Gasteiger partial charge in [0.05, 0.1) is 0 Å². The maximum atomic E-state index is 11.8. The topological polar surface area (TPSA) is 66.4 Å². The Labute approximate surface area is 107 Å². The van der Waals surface area contributed by atoms with Crippen LogP contribution >= 0.6 is 0 Å². The molecule has 0 radical (unpaired) electrons. The molecule has 0 aliphatic carbocycles. The number of carboxylic acids is 1. The molecule has 1 unspecified atom stereocenters. The molecule has 0 bridgehead atoms. The van der Waals surface area contributed by atoms with Crippen LogP contribution in [0.15, 0.2) is 24.3 Å². The van der Waals surface area contributed by atoms with Crippen LogP contribution in [0.2, 0.25) is 0 Å². The molecule has 98 valence electrons. The Balaban J connectivity index is 2.47. The molecule has 0 saturated carbocycles. The van der Waals surface area contributed by atoms with Crippen LogP contribution in [0.1, 0.15) is 36.2 Å². The van der Waals surface area contributed by atoms with Crippen LogP contribution in [0, 0.1) is 5.92 Å². The molecule has 18 heavy (non-hydrogen) atoms. The van der Waals surface area contributed by atoms with Crippen molar-refractivity contribution in [1.82, 2.24) is 5.32 Å². The minimum atomic E-state index is -0.843. The fraction of sp³-hybridized carbons (Fsp3) is 0.429. The molecule has 0 heterocycles. The normalized spacial score (nSPS) is 11.9. The Kier molecular flexibility index (Phi) is 5.36. The van der Waals surface area contributed by atoms with Crippen molar-refractivity contribution in [3.05, 3.63) is 35.4 Å². The number of hydrogen-bond donors (Lipinski definition) is 2. The molecule has 0 fully saturated rings. The molecule has 4 nitrogen and oxygen atoms in total. The lowest BCUT2D eigenvalue weighted by atomic mass is 10.1. The highest BCUT2D eigenvalue weighted by atomic mass is 16.4. The summed E-state index contributed by atoms with van der Waals surface area (Å²) in [5.41, 5.74) is 1.79. The smallest absolute Gasteiger partial charge is 0.303 e. The lowest BCUT2D eigenvalue weighted by Gasteiger charge is -2.10. The van der Waals surface area contributed by atoms with E-state index in [2.05, 4.69) is 12.2 Å². The van der Waals surface area contributed by atoms with Crippen molar-refractivity contribution in [3.8, 4) is 0 Å². The minimum absolute atomic E-state index is 0.0645. The fourth-order valence-electron chi connectivity index (χ4n) is 1.63. The average Bonchev–Trinajstić information content (AvgIpc) is 2.35. The van der Waals surface area contributed by atoms with Gasteiger partial charge in [-0.05, 0) is 30.0 Å². The minimum Gasteiger partial charge on any atom is -0.481 e. The number of carbonyl (C=O) groups is 2. The summed E-state index contributed by atoms with van der Waals surface area (Å²) in [6, 6.07) is 7.43. The van der Waals surface area contributed by atoms with E-state index in [4.69, 9.17) is 5.11 Å². The van der Waals surface area contributed by atoms with Gasteiger partial charge in [0.2, 0.25) is 0 Å². The lowest BCUT2D eigenvalue weighted by Crippen LogP contribution is -2.29. The molecule has 0 aliphatic heterocycles. The summed E-state index contributed by atoms with van der Waals surface area (Å²) in [6.45, 7) is 4.23. The van der Waals surface area contributed by atoms with E-state index in [-0.39, 0.29) is 18.2 Å². The third-order valence-electron chi connectivity index (χ3n) is 2.76. The molecule has 0 aromatic heterocycles. The number of amides is 1. The first-order chi connectivity index (χ1) is 8.52. The number of benzene rings is 1. The van der Waals surface area contributed by atoms with Gasteiger partial charge in [-0.25, -0.2) is 0 Å². The Morgan fingerprint density at radius 3 is 2.39 bits per heavy atom. The monoisotopic (exact) mass is 249 g/mol. The van der Waals surface area contributed by atoms with E-state index < -0.39 is 5.97 Å². The number of carboxylic acid groups (broad SMARTS) is 1. The van der Waals surface area contributed by atoms with E-state index >= 15 is 0 Å². The fourth-order valence-corrected chi connectivity index (χ4v) is 1.63. The van der Waals surface area contributed by atoms with Crippen LogP contribution in [0.25, 0.3) is 0 Å². The van der Waals surface area contributed by atoms with Gasteiger partial charge in [0, 0.05) is 18.5 Å². The summed E-state index contributed by atoms with van der Waals surface area (Å²) in [4.78, 5) is 22.3. The number of nitrogens with one attached hydrogen (secondary N) is 1. The van der Waals surface area contributed by atoms with Crippen molar-refractivity contribution in [2.45, 2.75) is 26.7 Å². The zero-order valence-corrected chi connectivity index (χ0v) is 10.8. The molecule has 1 rings (SSSR count). The Bertz CT molecular complexity index is 412. The first-order valence-electron chi connectivity index (χ1n) is 6.11. The summed E-state index contributed by atoms with van der Waals surface area (Å²) in [7, 11) is 0. The van der Waals surface area contributed by atoms with Crippen molar-refractivity contribution in [2.75, 3.05) is 6.54 Å². The van der Waals surface area contributed by atoms with E-state index in [9.17, 15) is 9.59 Å². The Morgan fingerprint density at radius 1 is 1.28 bits per heavy atom. The number of carbonyl (C=O) groups excluding carboxylic acids is 1. The van der Waals surface area contributed by atoms with Gasteiger partial charge < -0.3 is 10.4 Å². The predicted molar refractivity (Wildman–Crippen MR) is 69.6 cm³/mol. The van der Waals surface area contributed by atoms with Gasteiger partial charge in [-0.3, -0.25) is 9.59 Å². The molecule has 1 aromatic rings. The van der Waals surface area contributed by atoms with Crippen LogP contribution in [-0.4, -0.2) is 23.5 Å². The third-order valence-corrected chi connectivity index (χ3v) is 2.76. The molecular weight excluding hydrogens is 230 g/mol. The molecule has 0 aliphatic rings. The summed E-state index contributed by atoms with van der Waals surface area (Å²) in [5, 5.41) is 11.4. The summed E-state index contributed by atoms with van der Waals surface area (Å²) in [5.74, 6) is -1.07. The quantitative estimate of drug-likeness (QED) is 0.811. The van der Waals surface area contributed by atoms with Crippen molar-refractivity contribution in [2.24, 2.45) is 5.92 Å². The highest BCUT2D eigenvalue weighted by Gasteiger charge is 2.10. The zero-order valence-electron chi connectivity index (χ0n) is 10.8. The van der Waals surface area contributed by atoms with E-state index in [1.54, 1.807) is 19.1 Å². The van der Waals surface area contributed by atoms with Gasteiger partial charge in [0.1, 0.15) is 0 Å². The SMILES string of the molecule is CCc1ccc(C(=O)NCC(C)CC(=O)O)cc1. The number of aliphatic carboxylic acids is 1. The summed E-state index contributed by atoms with van der Waals surface area (Å²) < 4.78 is 0. The van der Waals surface area contributed by atoms with Gasteiger partial charge in [0.25, 0.3) is 5.91 Å². The van der Waals surface area contributed by atoms with E-state index in [1.807, 2.05) is 12.1 Å². The van der Waals surface area contributed by atoms with Gasteiger partial charge >= 0.3 is 5.97 Å². The standard InChI is InChI=1S/C14H19NO3/c1-3-11-4-6-12(7-5-11)14(18)15-9-10(2)8-13(16)17/h4-7,10H,3,8-9H2,1-2H3,(H,15,18)(H,16,17).